The monoisotopic (exact) mass is 492 g/mol. The van der Waals surface area contributed by atoms with Gasteiger partial charge in [-0.2, -0.15) is 0 Å². The predicted octanol–water partition coefficient (Wildman–Crippen LogP) is 6.98. The van der Waals surface area contributed by atoms with Gasteiger partial charge in [0.05, 0.1) is 16.7 Å². The molecular weight excluding hydrogens is 471 g/mol. The van der Waals surface area contributed by atoms with Crippen LogP contribution >= 0.6 is 34.8 Å². The van der Waals surface area contributed by atoms with Gasteiger partial charge in [0.2, 0.25) is 0 Å². The topological polar surface area (TPSA) is 59.6 Å². The first-order chi connectivity index (χ1) is 15.4. The van der Waals surface area contributed by atoms with Gasteiger partial charge in [0.1, 0.15) is 0 Å². The summed E-state index contributed by atoms with van der Waals surface area (Å²) in [6.45, 7) is 4.78. The maximum Gasteiger partial charge on any atom is 0.262 e. The molecule has 0 heterocycles. The molecule has 3 aromatic rings. The Balaban J connectivity index is 1.62. The van der Waals surface area contributed by atoms with E-state index < -0.39 is 0 Å². The molecule has 5 nitrogen and oxygen atoms in total. The molecule has 168 valence electrons. The van der Waals surface area contributed by atoms with Crippen LogP contribution in [0.5, 0.6) is 11.5 Å². The van der Waals surface area contributed by atoms with E-state index in [1.165, 1.54) is 0 Å². The maximum absolute atomic E-state index is 12.3. The van der Waals surface area contributed by atoms with E-state index in [4.69, 9.17) is 44.3 Å². The molecule has 1 amide bonds. The van der Waals surface area contributed by atoms with E-state index in [9.17, 15) is 4.79 Å². The number of rotatable bonds is 9. The molecule has 0 atom stereocenters. The van der Waals surface area contributed by atoms with Crippen molar-refractivity contribution < 1.29 is 14.3 Å². The van der Waals surface area contributed by atoms with E-state index in [1.807, 2.05) is 44.2 Å². The lowest BCUT2D eigenvalue weighted by Crippen LogP contribution is -2.20. The molecule has 0 unspecified atom stereocenters. The summed E-state index contributed by atoms with van der Waals surface area (Å²) in [7, 11) is 0. The fourth-order valence-corrected chi connectivity index (χ4v) is 3.42. The van der Waals surface area contributed by atoms with Gasteiger partial charge in [-0.15, -0.1) is 0 Å². The van der Waals surface area contributed by atoms with E-state index in [-0.39, 0.29) is 12.5 Å². The van der Waals surface area contributed by atoms with Crippen molar-refractivity contribution in [2.75, 3.05) is 23.8 Å². The molecule has 3 rings (SSSR count). The summed E-state index contributed by atoms with van der Waals surface area (Å²) >= 11 is 18.0. The van der Waals surface area contributed by atoms with Crippen LogP contribution in [0.2, 0.25) is 15.1 Å². The summed E-state index contributed by atoms with van der Waals surface area (Å²) in [4.78, 5) is 12.3. The van der Waals surface area contributed by atoms with Crippen LogP contribution in [0.15, 0.2) is 54.6 Å². The normalized spacial score (nSPS) is 10.5. The first-order valence-electron chi connectivity index (χ1n) is 9.99. The Bertz CT molecular complexity index is 1110. The second-order valence-electron chi connectivity index (χ2n) is 6.99. The van der Waals surface area contributed by atoms with Gasteiger partial charge < -0.3 is 20.1 Å². The van der Waals surface area contributed by atoms with Crippen molar-refractivity contribution in [1.29, 1.82) is 0 Å². The molecule has 2 N–H and O–H groups in total. The van der Waals surface area contributed by atoms with Crippen molar-refractivity contribution in [1.82, 2.24) is 0 Å². The van der Waals surface area contributed by atoms with Crippen LogP contribution in [0.4, 0.5) is 11.4 Å². The summed E-state index contributed by atoms with van der Waals surface area (Å²) in [5.41, 5.74) is 3.61. The lowest BCUT2D eigenvalue weighted by atomic mass is 10.1. The number of ether oxygens (including phenoxy) is 2. The molecule has 0 aromatic heterocycles. The molecule has 0 saturated carbocycles. The highest BCUT2D eigenvalue weighted by Gasteiger charge is 2.11. The Morgan fingerprint density at radius 3 is 2.47 bits per heavy atom. The predicted molar refractivity (Wildman–Crippen MR) is 132 cm³/mol. The molecule has 0 spiro atoms. The number of nitrogens with one attached hydrogen (secondary N) is 2. The third-order valence-electron chi connectivity index (χ3n) is 4.55. The first-order valence-corrected chi connectivity index (χ1v) is 11.1. The molecule has 0 saturated heterocycles. The van der Waals surface area contributed by atoms with Crippen molar-refractivity contribution in [3.8, 4) is 11.5 Å². The van der Waals surface area contributed by atoms with E-state index in [0.29, 0.717) is 45.4 Å². The van der Waals surface area contributed by atoms with Gasteiger partial charge in [-0.25, -0.2) is 0 Å². The summed E-state index contributed by atoms with van der Waals surface area (Å²) in [5.74, 6) is 0.726. The molecule has 0 aliphatic carbocycles. The Labute approximate surface area is 202 Å². The zero-order valence-corrected chi connectivity index (χ0v) is 19.9. The Hall–Kier alpha value is -2.60. The van der Waals surface area contributed by atoms with Crippen molar-refractivity contribution in [3.05, 3.63) is 80.8 Å². The summed E-state index contributed by atoms with van der Waals surface area (Å²) in [6, 6.07) is 16.2. The molecule has 0 aliphatic rings. The SMILES string of the molecule is CCOc1cc(CNc2cc(Cl)ccc2C)ccc1OCC(=O)Nc1ccc(Cl)c(Cl)c1. The van der Waals surface area contributed by atoms with Gasteiger partial charge in [0.15, 0.2) is 18.1 Å². The molecule has 3 aromatic carbocycles. The first kappa shape index (κ1) is 24.1. The van der Waals surface area contributed by atoms with Crippen molar-refractivity contribution in [2.45, 2.75) is 20.4 Å². The van der Waals surface area contributed by atoms with Gasteiger partial charge in [-0.1, -0.05) is 46.9 Å². The van der Waals surface area contributed by atoms with Crippen molar-refractivity contribution in [2.24, 2.45) is 0 Å². The van der Waals surface area contributed by atoms with E-state index >= 15 is 0 Å². The summed E-state index contributed by atoms with van der Waals surface area (Å²) in [6.07, 6.45) is 0. The minimum Gasteiger partial charge on any atom is -0.490 e. The number of halogens is 3. The number of carbonyl (C=O) groups excluding carboxylic acids is 1. The van der Waals surface area contributed by atoms with Gasteiger partial charge >= 0.3 is 0 Å². The number of hydrogen-bond donors (Lipinski definition) is 2. The second kappa shape index (κ2) is 11.3. The molecule has 8 heteroatoms. The van der Waals surface area contributed by atoms with Crippen LogP contribution in [0.1, 0.15) is 18.1 Å². The molecular formula is C24H23Cl3N2O3. The van der Waals surface area contributed by atoms with Gasteiger partial charge in [-0.05, 0) is 67.4 Å². The number of carbonyl (C=O) groups is 1. The van der Waals surface area contributed by atoms with Crippen LogP contribution in [0.25, 0.3) is 0 Å². The van der Waals surface area contributed by atoms with Crippen LogP contribution in [0.3, 0.4) is 0 Å². The lowest BCUT2D eigenvalue weighted by Gasteiger charge is -2.15. The van der Waals surface area contributed by atoms with Crippen LogP contribution < -0.4 is 20.1 Å². The number of benzene rings is 3. The second-order valence-corrected chi connectivity index (χ2v) is 8.24. The van der Waals surface area contributed by atoms with Gasteiger partial charge in [-0.3, -0.25) is 4.79 Å². The fourth-order valence-electron chi connectivity index (χ4n) is 2.95. The van der Waals surface area contributed by atoms with Crippen LogP contribution in [0, 0.1) is 6.92 Å². The average molecular weight is 494 g/mol. The quantitative estimate of drug-likeness (QED) is 0.337. The van der Waals surface area contributed by atoms with Crippen LogP contribution in [-0.4, -0.2) is 19.1 Å². The van der Waals surface area contributed by atoms with Crippen molar-refractivity contribution in [3.63, 3.8) is 0 Å². The molecule has 0 radical (unpaired) electrons. The minimum absolute atomic E-state index is 0.181. The minimum atomic E-state index is -0.326. The largest absolute Gasteiger partial charge is 0.490 e. The number of aryl methyl sites for hydroxylation is 1. The Kier molecular flexibility index (Phi) is 8.51. The lowest BCUT2D eigenvalue weighted by molar-refractivity contribution is -0.118. The molecule has 0 aliphatic heterocycles. The van der Waals surface area contributed by atoms with E-state index in [2.05, 4.69) is 10.6 Å². The van der Waals surface area contributed by atoms with Gasteiger partial charge in [0.25, 0.3) is 5.91 Å². The molecule has 0 bridgehead atoms. The summed E-state index contributed by atoms with van der Waals surface area (Å²) in [5, 5.41) is 7.56. The zero-order valence-electron chi connectivity index (χ0n) is 17.7. The van der Waals surface area contributed by atoms with Crippen LogP contribution in [-0.2, 0) is 11.3 Å². The summed E-state index contributed by atoms with van der Waals surface area (Å²) < 4.78 is 11.4. The van der Waals surface area contributed by atoms with E-state index in [0.717, 1.165) is 16.8 Å². The molecule has 32 heavy (non-hydrogen) atoms. The fraction of sp³-hybridized carbons (Fsp3) is 0.208. The Morgan fingerprint density at radius 1 is 0.906 bits per heavy atom. The highest BCUT2D eigenvalue weighted by atomic mass is 35.5. The zero-order chi connectivity index (χ0) is 23.1. The van der Waals surface area contributed by atoms with Gasteiger partial charge in [0, 0.05) is 22.9 Å². The average Bonchev–Trinajstić information content (AvgIpc) is 2.76. The highest BCUT2D eigenvalue weighted by molar-refractivity contribution is 6.42. The Morgan fingerprint density at radius 2 is 1.72 bits per heavy atom. The smallest absolute Gasteiger partial charge is 0.262 e. The standard InChI is InChI=1S/C24H23Cl3N2O3/c1-3-31-23-10-16(13-28-21-11-17(25)6-4-15(21)2)5-9-22(23)32-14-24(30)29-18-7-8-19(26)20(27)12-18/h4-12,28H,3,13-14H2,1-2H3,(H,29,30). The molecule has 0 fully saturated rings. The number of hydrogen-bond acceptors (Lipinski definition) is 4. The third kappa shape index (κ3) is 6.70. The maximum atomic E-state index is 12.3. The highest BCUT2D eigenvalue weighted by Crippen LogP contribution is 2.30. The number of amides is 1. The van der Waals surface area contributed by atoms with Crippen molar-refractivity contribution >= 4 is 52.1 Å². The van der Waals surface area contributed by atoms with E-state index in [1.54, 1.807) is 24.3 Å². The number of anilines is 2. The third-order valence-corrected chi connectivity index (χ3v) is 5.53.